The third-order valence-corrected chi connectivity index (χ3v) is 3.24. The van der Waals surface area contributed by atoms with Crippen LogP contribution >= 0.6 is 0 Å². The molecule has 7 N–H and O–H groups in total. The van der Waals surface area contributed by atoms with Crippen LogP contribution in [0, 0.1) is 13.8 Å². The van der Waals surface area contributed by atoms with Crippen molar-refractivity contribution < 1.29 is 4.79 Å². The topological polar surface area (TPSA) is 132 Å². The number of amides is 1. The summed E-state index contributed by atoms with van der Waals surface area (Å²) in [6, 6.07) is 12.6. The van der Waals surface area contributed by atoms with E-state index in [4.69, 9.17) is 17.2 Å². The Hall–Kier alpha value is -3.35. The largest absolute Gasteiger partial charge is 0.370 e. The molecule has 7 heteroatoms. The van der Waals surface area contributed by atoms with Crippen LogP contribution < -0.4 is 22.5 Å². The van der Waals surface area contributed by atoms with Crippen LogP contribution in [0.1, 0.15) is 21.5 Å². The van der Waals surface area contributed by atoms with Gasteiger partial charge in [-0.1, -0.05) is 23.8 Å². The minimum atomic E-state index is -0.194. The highest BCUT2D eigenvalue weighted by Gasteiger charge is 2.08. The Labute approximate surface area is 140 Å². The SMILES string of the molecule is Cc1cccc(C(=O)Nc2cc(N=C(N)N=C(N)N)ccc2C)c1. The molecule has 0 aliphatic carbocycles. The standard InChI is InChI=1S/C17H20N6O/c1-10-4-3-5-12(8-10)15(24)22-14-9-13(7-6-11(14)2)21-17(20)23-16(18)19/h3-9H,1-2H3,(H,22,24)(H6,18,19,20,21,23). The lowest BCUT2D eigenvalue weighted by Gasteiger charge is -2.10. The molecule has 2 rings (SSSR count). The van der Waals surface area contributed by atoms with Crippen molar-refractivity contribution in [2.24, 2.45) is 27.2 Å². The minimum absolute atomic E-state index is 0.0604. The molecule has 124 valence electrons. The van der Waals surface area contributed by atoms with Crippen LogP contribution in [0.4, 0.5) is 11.4 Å². The molecule has 0 bridgehead atoms. The molecule has 0 heterocycles. The zero-order chi connectivity index (χ0) is 17.7. The van der Waals surface area contributed by atoms with E-state index in [-0.39, 0.29) is 17.8 Å². The molecule has 0 aliphatic rings. The summed E-state index contributed by atoms with van der Waals surface area (Å²) >= 11 is 0. The Kier molecular flexibility index (Phi) is 5.16. The van der Waals surface area contributed by atoms with Gasteiger partial charge in [0.1, 0.15) is 0 Å². The van der Waals surface area contributed by atoms with Crippen LogP contribution in [0.3, 0.4) is 0 Å². The second-order valence-electron chi connectivity index (χ2n) is 5.33. The van der Waals surface area contributed by atoms with Gasteiger partial charge in [-0.15, -0.1) is 0 Å². The molecule has 0 atom stereocenters. The van der Waals surface area contributed by atoms with Crippen molar-refractivity contribution >= 4 is 29.2 Å². The fourth-order valence-corrected chi connectivity index (χ4v) is 2.08. The molecule has 0 radical (unpaired) electrons. The third kappa shape index (κ3) is 4.57. The number of carbonyl (C=O) groups is 1. The second kappa shape index (κ2) is 7.28. The van der Waals surface area contributed by atoms with Crippen molar-refractivity contribution in [3.05, 3.63) is 59.2 Å². The van der Waals surface area contributed by atoms with E-state index in [9.17, 15) is 4.79 Å². The zero-order valence-electron chi connectivity index (χ0n) is 13.6. The van der Waals surface area contributed by atoms with E-state index in [2.05, 4.69) is 15.3 Å². The summed E-state index contributed by atoms with van der Waals surface area (Å²) in [5, 5.41) is 2.87. The van der Waals surface area contributed by atoms with Crippen molar-refractivity contribution in [2.75, 3.05) is 5.32 Å². The minimum Gasteiger partial charge on any atom is -0.370 e. The van der Waals surface area contributed by atoms with Gasteiger partial charge in [0.25, 0.3) is 5.91 Å². The molecule has 0 saturated heterocycles. The number of carbonyl (C=O) groups excluding carboxylic acids is 1. The maximum atomic E-state index is 12.4. The van der Waals surface area contributed by atoms with Gasteiger partial charge < -0.3 is 22.5 Å². The summed E-state index contributed by atoms with van der Waals surface area (Å²) in [6.45, 7) is 3.82. The Balaban J connectivity index is 2.26. The predicted molar refractivity (Wildman–Crippen MR) is 97.4 cm³/mol. The molecule has 24 heavy (non-hydrogen) atoms. The van der Waals surface area contributed by atoms with Crippen LogP contribution in [0.5, 0.6) is 0 Å². The number of nitrogens with zero attached hydrogens (tertiary/aromatic N) is 2. The molecule has 0 aromatic heterocycles. The first kappa shape index (κ1) is 17.0. The van der Waals surface area contributed by atoms with E-state index < -0.39 is 0 Å². The van der Waals surface area contributed by atoms with Gasteiger partial charge in [0.2, 0.25) is 5.96 Å². The van der Waals surface area contributed by atoms with Crippen LogP contribution in [-0.4, -0.2) is 17.8 Å². The van der Waals surface area contributed by atoms with E-state index >= 15 is 0 Å². The number of aliphatic imine (C=N–C) groups is 2. The van der Waals surface area contributed by atoms with Gasteiger partial charge in [-0.2, -0.15) is 4.99 Å². The number of aryl methyl sites for hydroxylation is 2. The summed E-state index contributed by atoms with van der Waals surface area (Å²) < 4.78 is 0. The van der Waals surface area contributed by atoms with Crippen molar-refractivity contribution in [3.8, 4) is 0 Å². The average Bonchev–Trinajstić information content (AvgIpc) is 2.49. The highest BCUT2D eigenvalue weighted by molar-refractivity contribution is 6.05. The number of benzene rings is 2. The molecule has 0 spiro atoms. The first-order chi connectivity index (χ1) is 11.3. The van der Waals surface area contributed by atoms with Crippen LogP contribution in [0.25, 0.3) is 0 Å². The van der Waals surface area contributed by atoms with Gasteiger partial charge in [-0.3, -0.25) is 4.79 Å². The van der Waals surface area contributed by atoms with Gasteiger partial charge >= 0.3 is 0 Å². The Morgan fingerprint density at radius 2 is 1.79 bits per heavy atom. The molecule has 0 saturated carbocycles. The summed E-state index contributed by atoms with van der Waals surface area (Å²) in [4.78, 5) is 20.1. The molecular formula is C17H20N6O. The monoisotopic (exact) mass is 324 g/mol. The van der Waals surface area contributed by atoms with Gasteiger partial charge in [-0.05, 0) is 43.7 Å². The number of anilines is 1. The number of nitrogens with one attached hydrogen (secondary N) is 1. The number of nitrogens with two attached hydrogens (primary N) is 3. The lowest BCUT2D eigenvalue weighted by atomic mass is 10.1. The van der Waals surface area contributed by atoms with E-state index in [0.717, 1.165) is 11.1 Å². The van der Waals surface area contributed by atoms with Crippen molar-refractivity contribution in [2.45, 2.75) is 13.8 Å². The maximum absolute atomic E-state index is 12.4. The highest BCUT2D eigenvalue weighted by atomic mass is 16.1. The van der Waals surface area contributed by atoms with Gasteiger partial charge in [0.15, 0.2) is 5.96 Å². The molecule has 0 fully saturated rings. The van der Waals surface area contributed by atoms with Crippen molar-refractivity contribution in [1.29, 1.82) is 0 Å². The zero-order valence-corrected chi connectivity index (χ0v) is 13.6. The molecule has 2 aromatic rings. The summed E-state index contributed by atoms with van der Waals surface area (Å²) in [5.74, 6) is -0.425. The Bertz CT molecular complexity index is 822. The molecule has 7 nitrogen and oxygen atoms in total. The maximum Gasteiger partial charge on any atom is 0.255 e. The summed E-state index contributed by atoms with van der Waals surface area (Å²) in [7, 11) is 0. The highest BCUT2D eigenvalue weighted by Crippen LogP contribution is 2.23. The molecule has 0 unspecified atom stereocenters. The third-order valence-electron chi connectivity index (χ3n) is 3.24. The fourth-order valence-electron chi connectivity index (χ4n) is 2.08. The first-order valence-corrected chi connectivity index (χ1v) is 7.27. The molecule has 1 amide bonds. The number of guanidine groups is 2. The van der Waals surface area contributed by atoms with Crippen molar-refractivity contribution in [1.82, 2.24) is 0 Å². The van der Waals surface area contributed by atoms with E-state index in [1.807, 2.05) is 38.1 Å². The summed E-state index contributed by atoms with van der Waals surface area (Å²) in [5.41, 5.74) is 19.8. The van der Waals surface area contributed by atoms with E-state index in [1.54, 1.807) is 18.2 Å². The number of rotatable bonds is 3. The normalized spacial score (nSPS) is 11.0. The van der Waals surface area contributed by atoms with E-state index in [1.165, 1.54) is 0 Å². The van der Waals surface area contributed by atoms with Crippen LogP contribution in [0.2, 0.25) is 0 Å². The summed E-state index contributed by atoms with van der Waals surface area (Å²) in [6.07, 6.45) is 0. The second-order valence-corrected chi connectivity index (χ2v) is 5.33. The van der Waals surface area contributed by atoms with E-state index in [0.29, 0.717) is 16.9 Å². The predicted octanol–water partition coefficient (Wildman–Crippen LogP) is 1.78. The average molecular weight is 324 g/mol. The quantitative estimate of drug-likeness (QED) is 0.506. The Morgan fingerprint density at radius 3 is 2.46 bits per heavy atom. The number of hydrogen-bond acceptors (Lipinski definition) is 2. The van der Waals surface area contributed by atoms with Gasteiger partial charge in [-0.25, -0.2) is 4.99 Å². The smallest absolute Gasteiger partial charge is 0.255 e. The van der Waals surface area contributed by atoms with Gasteiger partial charge in [0.05, 0.1) is 5.69 Å². The number of hydrogen-bond donors (Lipinski definition) is 4. The Morgan fingerprint density at radius 1 is 1.04 bits per heavy atom. The molecular weight excluding hydrogens is 304 g/mol. The van der Waals surface area contributed by atoms with Gasteiger partial charge in [0, 0.05) is 11.3 Å². The first-order valence-electron chi connectivity index (χ1n) is 7.27. The fraction of sp³-hybridized carbons (Fsp3) is 0.118. The molecule has 2 aromatic carbocycles. The lowest BCUT2D eigenvalue weighted by molar-refractivity contribution is 0.102. The lowest BCUT2D eigenvalue weighted by Crippen LogP contribution is -2.26. The van der Waals surface area contributed by atoms with Crippen LogP contribution in [-0.2, 0) is 0 Å². The van der Waals surface area contributed by atoms with Crippen molar-refractivity contribution in [3.63, 3.8) is 0 Å². The molecule has 0 aliphatic heterocycles. The van der Waals surface area contributed by atoms with Crippen LogP contribution in [0.15, 0.2) is 52.4 Å².